The van der Waals surface area contributed by atoms with E-state index in [0.29, 0.717) is 17.5 Å². The molecule has 4 rings (SSSR count). The maximum atomic E-state index is 13.6. The van der Waals surface area contributed by atoms with Crippen molar-refractivity contribution in [3.8, 4) is 0 Å². The Bertz CT molecular complexity index is 897. The summed E-state index contributed by atoms with van der Waals surface area (Å²) >= 11 is 4.18. The molecule has 1 saturated heterocycles. The first kappa shape index (κ1) is 21.8. The second-order valence-electron chi connectivity index (χ2n) is 8.32. The van der Waals surface area contributed by atoms with Crippen LogP contribution in [0.2, 0.25) is 5.02 Å². The van der Waals surface area contributed by atoms with Gasteiger partial charge in [-0.2, -0.15) is 0 Å². The Balaban J connectivity index is 1.33. The second-order valence-corrected chi connectivity index (χ2v) is 9.69. The molecule has 0 radical (unpaired) electrons. The third-order valence-electron chi connectivity index (χ3n) is 6.51. The van der Waals surface area contributed by atoms with Crippen LogP contribution in [0.15, 0.2) is 42.5 Å². The van der Waals surface area contributed by atoms with Crippen LogP contribution < -0.4 is 4.90 Å². The van der Waals surface area contributed by atoms with Crippen molar-refractivity contribution in [2.24, 2.45) is 0 Å². The summed E-state index contributed by atoms with van der Waals surface area (Å²) in [5.74, 6) is 0.192. The Morgan fingerprint density at radius 1 is 1.03 bits per heavy atom. The molecule has 1 N–H and O–H groups in total. The fourth-order valence-corrected chi connectivity index (χ4v) is 5.67. The molecule has 2 aliphatic rings. The summed E-state index contributed by atoms with van der Waals surface area (Å²) in [6.07, 6.45) is 4.77. The van der Waals surface area contributed by atoms with E-state index in [1.807, 2.05) is 12.1 Å². The minimum atomic E-state index is -1.98. The molecule has 2 aromatic carbocycles. The maximum absolute atomic E-state index is 13.6. The highest BCUT2D eigenvalue weighted by atomic mass is 35.5. The van der Waals surface area contributed by atoms with Gasteiger partial charge < -0.3 is 9.45 Å². The first-order valence-electron chi connectivity index (χ1n) is 10.6. The Kier molecular flexibility index (Phi) is 7.08. The van der Waals surface area contributed by atoms with Gasteiger partial charge in [0.15, 0.2) is 11.1 Å². The van der Waals surface area contributed by atoms with Crippen LogP contribution in [0.3, 0.4) is 0 Å². The number of halogens is 2. The third-order valence-corrected chi connectivity index (χ3v) is 7.30. The highest BCUT2D eigenvalue weighted by Gasteiger charge is 2.29. The Morgan fingerprint density at radius 3 is 2.43 bits per heavy atom. The van der Waals surface area contributed by atoms with E-state index in [-0.39, 0.29) is 11.6 Å². The maximum Gasteiger partial charge on any atom is 0.157 e. The lowest BCUT2D eigenvalue weighted by atomic mass is 9.81. The van der Waals surface area contributed by atoms with Gasteiger partial charge in [0.05, 0.1) is 5.75 Å². The summed E-state index contributed by atoms with van der Waals surface area (Å²) in [6, 6.07) is 13.4. The number of hydrogen-bond donors (Lipinski definition) is 1. The molecule has 2 fully saturated rings. The van der Waals surface area contributed by atoms with Gasteiger partial charge in [0, 0.05) is 42.9 Å². The molecule has 0 amide bonds. The minimum absolute atomic E-state index is 0.0408. The number of hydrogen-bond acceptors (Lipinski definition) is 3. The molecule has 1 unspecified atom stereocenters. The Morgan fingerprint density at radius 2 is 1.77 bits per heavy atom. The molecule has 1 heterocycles. The summed E-state index contributed by atoms with van der Waals surface area (Å²) in [5, 5.41) is 0.816. The van der Waals surface area contributed by atoms with Crippen molar-refractivity contribution in [1.82, 2.24) is 4.90 Å². The summed E-state index contributed by atoms with van der Waals surface area (Å²) in [4.78, 5) is 4.80. The SMILES string of the molecule is O=S(O)Cc1cc(F)ccc1N1CCN(C2CCC(c3cccc(Cl)c3)CC2)CC1. The molecule has 1 aliphatic carbocycles. The molecular weight excluding hydrogens is 423 g/mol. The summed E-state index contributed by atoms with van der Waals surface area (Å²) < 4.78 is 34.2. The smallest absolute Gasteiger partial charge is 0.157 e. The molecule has 1 aliphatic heterocycles. The molecule has 0 spiro atoms. The number of benzene rings is 2. The van der Waals surface area contributed by atoms with Crippen molar-refractivity contribution in [3.05, 3.63) is 64.4 Å². The summed E-state index contributed by atoms with van der Waals surface area (Å²) in [5.41, 5.74) is 2.84. The van der Waals surface area contributed by atoms with Crippen LogP contribution in [-0.2, 0) is 16.8 Å². The Hall–Kier alpha value is -1.47. The predicted molar refractivity (Wildman–Crippen MR) is 121 cm³/mol. The van der Waals surface area contributed by atoms with Crippen LogP contribution in [0.25, 0.3) is 0 Å². The molecule has 1 saturated carbocycles. The van der Waals surface area contributed by atoms with Gasteiger partial charge in [0.25, 0.3) is 0 Å². The van der Waals surface area contributed by atoms with Crippen LogP contribution in [0.1, 0.15) is 42.7 Å². The van der Waals surface area contributed by atoms with Crippen molar-refractivity contribution < 1.29 is 13.2 Å². The highest BCUT2D eigenvalue weighted by molar-refractivity contribution is 7.78. The largest absolute Gasteiger partial charge is 0.369 e. The van der Waals surface area contributed by atoms with E-state index in [2.05, 4.69) is 21.9 Å². The highest BCUT2D eigenvalue weighted by Crippen LogP contribution is 2.36. The van der Waals surface area contributed by atoms with Crippen LogP contribution in [-0.4, -0.2) is 45.9 Å². The summed E-state index contributed by atoms with van der Waals surface area (Å²) in [7, 11) is 0. The van der Waals surface area contributed by atoms with Crippen molar-refractivity contribution in [2.75, 3.05) is 31.1 Å². The zero-order valence-corrected chi connectivity index (χ0v) is 18.5. The van der Waals surface area contributed by atoms with Gasteiger partial charge in [-0.25, -0.2) is 8.60 Å². The van der Waals surface area contributed by atoms with Crippen molar-refractivity contribution >= 4 is 28.4 Å². The number of piperazine rings is 1. The second kappa shape index (κ2) is 9.77. The van der Waals surface area contributed by atoms with Crippen molar-refractivity contribution in [1.29, 1.82) is 0 Å². The van der Waals surface area contributed by atoms with Crippen LogP contribution in [0.4, 0.5) is 10.1 Å². The van der Waals surface area contributed by atoms with E-state index in [1.165, 1.54) is 43.4 Å². The molecule has 30 heavy (non-hydrogen) atoms. The predicted octanol–water partition coefficient (Wildman–Crippen LogP) is 5.05. The lowest BCUT2D eigenvalue weighted by molar-refractivity contribution is 0.141. The van der Waals surface area contributed by atoms with Gasteiger partial charge in [0.1, 0.15) is 5.82 Å². The lowest BCUT2D eigenvalue weighted by Gasteiger charge is -2.43. The fraction of sp³-hybridized carbons (Fsp3) is 0.478. The number of anilines is 1. The van der Waals surface area contributed by atoms with Gasteiger partial charge in [-0.3, -0.25) is 4.90 Å². The van der Waals surface area contributed by atoms with Crippen LogP contribution >= 0.6 is 11.6 Å². The van der Waals surface area contributed by atoms with Crippen molar-refractivity contribution in [2.45, 2.75) is 43.4 Å². The van der Waals surface area contributed by atoms with Crippen LogP contribution in [0.5, 0.6) is 0 Å². The number of nitrogens with zero attached hydrogens (tertiary/aromatic N) is 2. The van der Waals surface area contributed by atoms with Gasteiger partial charge in [0.2, 0.25) is 0 Å². The van der Waals surface area contributed by atoms with E-state index < -0.39 is 11.1 Å². The average molecular weight is 451 g/mol. The van der Waals surface area contributed by atoms with Gasteiger partial charge in [-0.05, 0) is 73.1 Å². The fourth-order valence-electron chi connectivity index (χ4n) is 4.97. The molecular formula is C23H28ClFN2O2S. The average Bonchev–Trinajstić information content (AvgIpc) is 2.74. The third kappa shape index (κ3) is 5.22. The molecule has 4 nitrogen and oxygen atoms in total. The first-order valence-corrected chi connectivity index (χ1v) is 12.3. The minimum Gasteiger partial charge on any atom is -0.369 e. The van der Waals surface area contributed by atoms with E-state index in [1.54, 1.807) is 6.07 Å². The molecule has 2 aromatic rings. The Labute approximate surface area is 185 Å². The van der Waals surface area contributed by atoms with Crippen LogP contribution in [0, 0.1) is 5.82 Å². The van der Waals surface area contributed by atoms with E-state index in [0.717, 1.165) is 36.9 Å². The monoisotopic (exact) mass is 450 g/mol. The van der Waals surface area contributed by atoms with E-state index in [9.17, 15) is 13.2 Å². The van der Waals surface area contributed by atoms with Gasteiger partial charge in [-0.15, -0.1) is 0 Å². The zero-order valence-electron chi connectivity index (χ0n) is 17.0. The first-order chi connectivity index (χ1) is 14.5. The molecule has 1 atom stereocenters. The van der Waals surface area contributed by atoms with Crippen molar-refractivity contribution in [3.63, 3.8) is 0 Å². The lowest BCUT2D eigenvalue weighted by Crippen LogP contribution is -2.51. The van der Waals surface area contributed by atoms with Gasteiger partial charge >= 0.3 is 0 Å². The zero-order chi connectivity index (χ0) is 21.1. The van der Waals surface area contributed by atoms with Gasteiger partial charge in [-0.1, -0.05) is 23.7 Å². The topological polar surface area (TPSA) is 43.8 Å². The molecule has 7 heteroatoms. The van der Waals surface area contributed by atoms with E-state index in [4.69, 9.17) is 11.6 Å². The molecule has 0 aromatic heterocycles. The molecule has 0 bridgehead atoms. The van der Waals surface area contributed by atoms with E-state index >= 15 is 0 Å². The normalized spacial score (nSPS) is 24.0. The molecule has 162 valence electrons. The standard InChI is InChI=1S/C23H28ClFN2O2S/c24-20-3-1-2-18(14-20)17-4-7-22(8-5-17)26-10-12-27(13-11-26)23-9-6-21(25)15-19(23)16-30(28)29/h1-3,6,9,14-15,17,22H,4-5,7-8,10-13,16H2,(H,28,29). The number of rotatable bonds is 5. The summed E-state index contributed by atoms with van der Waals surface area (Å²) in [6.45, 7) is 3.63. The quantitative estimate of drug-likeness (QED) is 0.647.